The van der Waals surface area contributed by atoms with E-state index in [0.717, 1.165) is 5.56 Å². The van der Waals surface area contributed by atoms with Gasteiger partial charge in [-0.25, -0.2) is 0 Å². The highest BCUT2D eigenvalue weighted by molar-refractivity contribution is 6.30. The van der Waals surface area contributed by atoms with Crippen molar-refractivity contribution in [1.82, 2.24) is 5.32 Å². The van der Waals surface area contributed by atoms with E-state index in [-0.39, 0.29) is 24.8 Å². The third kappa shape index (κ3) is 4.60. The number of rotatable bonds is 5. The fourth-order valence-corrected chi connectivity index (χ4v) is 2.10. The molecule has 0 radical (unpaired) electrons. The standard InChI is InChI=1S/C17H17ClN2O2/c1-12-4-2-3-5-15(12)17(22)19-11-10-16(21)20-14-8-6-13(18)7-9-14/h2-9H,10-11H2,1H3,(H,19,22)(H,20,21). The van der Waals surface area contributed by atoms with Gasteiger partial charge in [0, 0.05) is 29.2 Å². The number of carbonyl (C=O) groups is 2. The van der Waals surface area contributed by atoms with Crippen LogP contribution in [0.2, 0.25) is 5.02 Å². The van der Waals surface area contributed by atoms with Crippen molar-refractivity contribution < 1.29 is 9.59 Å². The summed E-state index contributed by atoms with van der Waals surface area (Å²) in [5.41, 5.74) is 2.21. The molecule has 4 nitrogen and oxygen atoms in total. The molecule has 2 aromatic rings. The van der Waals surface area contributed by atoms with Gasteiger partial charge < -0.3 is 10.6 Å². The molecule has 0 fully saturated rings. The first-order valence-electron chi connectivity index (χ1n) is 6.95. The molecule has 0 aliphatic carbocycles. The van der Waals surface area contributed by atoms with Gasteiger partial charge in [0.1, 0.15) is 0 Å². The van der Waals surface area contributed by atoms with Gasteiger partial charge in [-0.1, -0.05) is 29.8 Å². The monoisotopic (exact) mass is 316 g/mol. The molecule has 114 valence electrons. The maximum Gasteiger partial charge on any atom is 0.251 e. The van der Waals surface area contributed by atoms with Crippen LogP contribution in [-0.4, -0.2) is 18.4 Å². The van der Waals surface area contributed by atoms with Crippen LogP contribution in [0, 0.1) is 6.92 Å². The molecule has 2 N–H and O–H groups in total. The number of nitrogens with one attached hydrogen (secondary N) is 2. The Bertz CT molecular complexity index is 669. The fourth-order valence-electron chi connectivity index (χ4n) is 1.97. The lowest BCUT2D eigenvalue weighted by Gasteiger charge is -2.08. The minimum atomic E-state index is -0.169. The van der Waals surface area contributed by atoms with Gasteiger partial charge in [-0.05, 0) is 42.8 Å². The van der Waals surface area contributed by atoms with Gasteiger partial charge in [0.25, 0.3) is 5.91 Å². The Labute approximate surface area is 134 Å². The summed E-state index contributed by atoms with van der Waals surface area (Å²) in [4.78, 5) is 23.8. The van der Waals surface area contributed by atoms with E-state index in [1.165, 1.54) is 0 Å². The van der Waals surface area contributed by atoms with E-state index < -0.39 is 0 Å². The molecule has 0 saturated heterocycles. The summed E-state index contributed by atoms with van der Waals surface area (Å²) in [6.45, 7) is 2.16. The van der Waals surface area contributed by atoms with Gasteiger partial charge in [-0.3, -0.25) is 9.59 Å². The molecule has 0 saturated carbocycles. The lowest BCUT2D eigenvalue weighted by molar-refractivity contribution is -0.116. The van der Waals surface area contributed by atoms with Crippen molar-refractivity contribution in [2.75, 3.05) is 11.9 Å². The molecule has 0 heterocycles. The molecular weight excluding hydrogens is 300 g/mol. The van der Waals surface area contributed by atoms with Crippen molar-refractivity contribution in [1.29, 1.82) is 0 Å². The van der Waals surface area contributed by atoms with Crippen molar-refractivity contribution >= 4 is 29.1 Å². The average molecular weight is 317 g/mol. The third-order valence-corrected chi connectivity index (χ3v) is 3.41. The molecule has 0 aliphatic rings. The highest BCUT2D eigenvalue weighted by Gasteiger charge is 2.08. The third-order valence-electron chi connectivity index (χ3n) is 3.16. The number of benzene rings is 2. The van der Waals surface area contributed by atoms with E-state index in [1.54, 1.807) is 30.3 Å². The molecule has 0 spiro atoms. The smallest absolute Gasteiger partial charge is 0.251 e. The first-order chi connectivity index (χ1) is 10.6. The van der Waals surface area contributed by atoms with E-state index in [1.807, 2.05) is 25.1 Å². The Morgan fingerprint density at radius 1 is 1.05 bits per heavy atom. The van der Waals surface area contributed by atoms with Crippen LogP contribution in [-0.2, 0) is 4.79 Å². The van der Waals surface area contributed by atoms with Crippen molar-refractivity contribution in [3.63, 3.8) is 0 Å². The molecule has 5 heteroatoms. The Kier molecular flexibility index (Phi) is 5.55. The quantitative estimate of drug-likeness (QED) is 0.888. The lowest BCUT2D eigenvalue weighted by Crippen LogP contribution is -2.28. The van der Waals surface area contributed by atoms with Crippen LogP contribution in [0.5, 0.6) is 0 Å². The number of hydrogen-bond acceptors (Lipinski definition) is 2. The zero-order valence-electron chi connectivity index (χ0n) is 12.2. The van der Waals surface area contributed by atoms with Crippen LogP contribution in [0.15, 0.2) is 48.5 Å². The van der Waals surface area contributed by atoms with E-state index in [9.17, 15) is 9.59 Å². The number of aryl methyl sites for hydroxylation is 1. The van der Waals surface area contributed by atoms with Crippen molar-refractivity contribution in [3.05, 3.63) is 64.7 Å². The fraction of sp³-hybridized carbons (Fsp3) is 0.176. The second-order valence-corrected chi connectivity index (χ2v) is 5.31. The summed E-state index contributed by atoms with van der Waals surface area (Å²) in [5, 5.41) is 6.10. The molecule has 0 aromatic heterocycles. The second-order valence-electron chi connectivity index (χ2n) is 4.88. The summed E-state index contributed by atoms with van der Waals surface area (Å²) >= 11 is 5.78. The highest BCUT2D eigenvalue weighted by atomic mass is 35.5. The number of carbonyl (C=O) groups excluding carboxylic acids is 2. The minimum absolute atomic E-state index is 0.160. The zero-order chi connectivity index (χ0) is 15.9. The predicted octanol–water partition coefficient (Wildman–Crippen LogP) is 3.41. The summed E-state index contributed by atoms with van der Waals surface area (Å²) in [5.74, 6) is -0.329. The highest BCUT2D eigenvalue weighted by Crippen LogP contribution is 2.13. The van der Waals surface area contributed by atoms with Crippen molar-refractivity contribution in [3.8, 4) is 0 Å². The molecule has 22 heavy (non-hydrogen) atoms. The minimum Gasteiger partial charge on any atom is -0.352 e. The van der Waals surface area contributed by atoms with E-state index in [0.29, 0.717) is 16.3 Å². The molecule has 0 unspecified atom stereocenters. The van der Waals surface area contributed by atoms with Gasteiger partial charge in [0.05, 0.1) is 0 Å². The van der Waals surface area contributed by atoms with Gasteiger partial charge in [-0.2, -0.15) is 0 Å². The molecule has 2 rings (SSSR count). The Balaban J connectivity index is 1.78. The normalized spacial score (nSPS) is 10.1. The van der Waals surface area contributed by atoms with Crippen LogP contribution in [0.25, 0.3) is 0 Å². The topological polar surface area (TPSA) is 58.2 Å². The predicted molar refractivity (Wildman–Crippen MR) is 88.2 cm³/mol. The molecule has 0 aliphatic heterocycles. The number of amides is 2. The summed E-state index contributed by atoms with van der Waals surface area (Å²) in [7, 11) is 0. The Morgan fingerprint density at radius 3 is 2.41 bits per heavy atom. The maximum atomic E-state index is 12.0. The van der Waals surface area contributed by atoms with E-state index in [4.69, 9.17) is 11.6 Å². The average Bonchev–Trinajstić information content (AvgIpc) is 2.50. The molecule has 0 bridgehead atoms. The first kappa shape index (κ1) is 16.0. The zero-order valence-corrected chi connectivity index (χ0v) is 13.0. The molecule has 2 aromatic carbocycles. The largest absolute Gasteiger partial charge is 0.352 e. The number of halogens is 1. The van der Waals surface area contributed by atoms with Gasteiger partial charge in [-0.15, -0.1) is 0 Å². The Morgan fingerprint density at radius 2 is 1.73 bits per heavy atom. The second kappa shape index (κ2) is 7.61. The summed E-state index contributed by atoms with van der Waals surface area (Å²) in [6.07, 6.45) is 0.209. The van der Waals surface area contributed by atoms with E-state index in [2.05, 4.69) is 10.6 Å². The summed E-state index contributed by atoms with van der Waals surface area (Å²) < 4.78 is 0. The Hall–Kier alpha value is -2.33. The van der Waals surface area contributed by atoms with Crippen molar-refractivity contribution in [2.45, 2.75) is 13.3 Å². The van der Waals surface area contributed by atoms with Crippen LogP contribution in [0.4, 0.5) is 5.69 Å². The number of hydrogen-bond donors (Lipinski definition) is 2. The summed E-state index contributed by atoms with van der Waals surface area (Å²) in [6, 6.07) is 14.2. The van der Waals surface area contributed by atoms with Crippen LogP contribution >= 0.6 is 11.6 Å². The SMILES string of the molecule is Cc1ccccc1C(=O)NCCC(=O)Nc1ccc(Cl)cc1. The van der Waals surface area contributed by atoms with E-state index >= 15 is 0 Å². The maximum absolute atomic E-state index is 12.0. The molecular formula is C17H17ClN2O2. The van der Waals surface area contributed by atoms with Gasteiger partial charge >= 0.3 is 0 Å². The lowest BCUT2D eigenvalue weighted by atomic mass is 10.1. The molecule has 0 atom stereocenters. The van der Waals surface area contributed by atoms with Crippen LogP contribution < -0.4 is 10.6 Å². The van der Waals surface area contributed by atoms with Gasteiger partial charge in [0.15, 0.2) is 0 Å². The van der Waals surface area contributed by atoms with Gasteiger partial charge in [0.2, 0.25) is 5.91 Å². The molecule has 2 amide bonds. The number of anilines is 1. The van der Waals surface area contributed by atoms with Crippen LogP contribution in [0.3, 0.4) is 0 Å². The van der Waals surface area contributed by atoms with Crippen LogP contribution in [0.1, 0.15) is 22.3 Å². The first-order valence-corrected chi connectivity index (χ1v) is 7.33. The van der Waals surface area contributed by atoms with Crippen molar-refractivity contribution in [2.24, 2.45) is 0 Å².